The lowest BCUT2D eigenvalue weighted by Gasteiger charge is -2.15. The standard InChI is InChI=1S/C20H21N5OS/c1-25-12-15(9-22-25)17-10-21-11-18(17)19(26)24-20-23-16(13-27-20)8-7-14-5-3-2-4-6-14/h2-9,12-13,17-18,21H,10-11H2,1H3,(H,23,24,26)/b8-7+/t17-,18+/m1/s1. The van der Waals surface area contributed by atoms with Crippen LogP contribution < -0.4 is 10.6 Å². The lowest BCUT2D eigenvalue weighted by Crippen LogP contribution is -2.28. The van der Waals surface area contributed by atoms with Gasteiger partial charge in [-0.15, -0.1) is 11.3 Å². The number of anilines is 1. The summed E-state index contributed by atoms with van der Waals surface area (Å²) in [5.74, 6) is 0.0133. The second kappa shape index (κ2) is 7.85. The first kappa shape index (κ1) is 17.6. The summed E-state index contributed by atoms with van der Waals surface area (Å²) in [6.45, 7) is 1.45. The largest absolute Gasteiger partial charge is 0.315 e. The van der Waals surface area contributed by atoms with E-state index in [1.54, 1.807) is 4.68 Å². The van der Waals surface area contributed by atoms with E-state index in [0.717, 1.165) is 23.4 Å². The Morgan fingerprint density at radius 1 is 1.30 bits per heavy atom. The van der Waals surface area contributed by atoms with Crippen molar-refractivity contribution < 1.29 is 4.79 Å². The van der Waals surface area contributed by atoms with Gasteiger partial charge in [0, 0.05) is 37.6 Å². The Labute approximate surface area is 161 Å². The predicted octanol–water partition coefficient (Wildman–Crippen LogP) is 2.99. The summed E-state index contributed by atoms with van der Waals surface area (Å²) in [5.41, 5.74) is 3.05. The molecule has 6 nitrogen and oxygen atoms in total. The van der Waals surface area contributed by atoms with Crippen molar-refractivity contribution in [2.75, 3.05) is 18.4 Å². The molecule has 0 spiro atoms. The van der Waals surface area contributed by atoms with Gasteiger partial charge in [-0.25, -0.2) is 4.98 Å². The molecular weight excluding hydrogens is 358 g/mol. The number of aromatic nitrogens is 3. The molecule has 2 atom stereocenters. The number of thiazole rings is 1. The molecular formula is C20H21N5OS. The quantitative estimate of drug-likeness (QED) is 0.715. The Kier molecular flexibility index (Phi) is 5.13. The third kappa shape index (κ3) is 4.15. The highest BCUT2D eigenvalue weighted by Gasteiger charge is 2.35. The molecule has 0 radical (unpaired) electrons. The van der Waals surface area contributed by atoms with Crippen LogP contribution in [-0.4, -0.2) is 33.8 Å². The Bertz CT molecular complexity index is 946. The van der Waals surface area contributed by atoms with Crippen molar-refractivity contribution in [1.82, 2.24) is 20.1 Å². The zero-order valence-electron chi connectivity index (χ0n) is 15.0. The van der Waals surface area contributed by atoms with Gasteiger partial charge < -0.3 is 10.6 Å². The Morgan fingerprint density at radius 2 is 2.15 bits per heavy atom. The first-order valence-corrected chi connectivity index (χ1v) is 9.76. The maximum atomic E-state index is 12.8. The molecule has 27 heavy (non-hydrogen) atoms. The number of rotatable bonds is 5. The summed E-state index contributed by atoms with van der Waals surface area (Å²) in [6, 6.07) is 10.1. The minimum absolute atomic E-state index is 0.00166. The first-order valence-electron chi connectivity index (χ1n) is 8.88. The lowest BCUT2D eigenvalue weighted by molar-refractivity contribution is -0.119. The molecule has 1 saturated heterocycles. The molecule has 2 aromatic heterocycles. The van der Waals surface area contributed by atoms with Gasteiger partial charge in [0.2, 0.25) is 5.91 Å². The third-order valence-corrected chi connectivity index (χ3v) is 5.48. The average Bonchev–Trinajstić information content (AvgIpc) is 3.41. The van der Waals surface area contributed by atoms with Crippen LogP contribution in [0.25, 0.3) is 12.2 Å². The third-order valence-electron chi connectivity index (χ3n) is 4.70. The van der Waals surface area contributed by atoms with Crippen LogP contribution in [0.1, 0.15) is 22.7 Å². The van der Waals surface area contributed by atoms with E-state index in [1.165, 1.54) is 11.3 Å². The predicted molar refractivity (Wildman–Crippen MR) is 108 cm³/mol. The number of benzene rings is 1. The van der Waals surface area contributed by atoms with Crippen LogP contribution in [0, 0.1) is 5.92 Å². The maximum absolute atomic E-state index is 12.8. The van der Waals surface area contributed by atoms with Crippen LogP contribution in [0.3, 0.4) is 0 Å². The molecule has 0 unspecified atom stereocenters. The van der Waals surface area contributed by atoms with Gasteiger partial charge in [-0.05, 0) is 17.2 Å². The molecule has 0 saturated carbocycles. The van der Waals surface area contributed by atoms with Crippen molar-refractivity contribution in [2.24, 2.45) is 13.0 Å². The number of aryl methyl sites for hydroxylation is 1. The van der Waals surface area contributed by atoms with Crippen molar-refractivity contribution in [3.05, 3.63) is 64.9 Å². The van der Waals surface area contributed by atoms with E-state index in [9.17, 15) is 4.79 Å². The number of hydrogen-bond donors (Lipinski definition) is 2. The lowest BCUT2D eigenvalue weighted by atomic mass is 9.90. The Balaban J connectivity index is 1.41. The molecule has 2 N–H and O–H groups in total. The van der Waals surface area contributed by atoms with Gasteiger partial charge in [0.25, 0.3) is 0 Å². The SMILES string of the molecule is Cn1cc([C@H]2CNC[C@@H]2C(=O)Nc2nc(/C=C/c3ccccc3)cs2)cn1. The fourth-order valence-electron chi connectivity index (χ4n) is 3.30. The molecule has 1 amide bonds. The van der Waals surface area contributed by atoms with Gasteiger partial charge in [0.1, 0.15) is 0 Å². The number of nitrogens with zero attached hydrogens (tertiary/aromatic N) is 3. The van der Waals surface area contributed by atoms with Crippen LogP contribution in [-0.2, 0) is 11.8 Å². The molecule has 0 aliphatic carbocycles. The van der Waals surface area contributed by atoms with Gasteiger partial charge in [-0.3, -0.25) is 9.48 Å². The molecule has 138 valence electrons. The van der Waals surface area contributed by atoms with Gasteiger partial charge in [0.05, 0.1) is 17.8 Å². The van der Waals surface area contributed by atoms with Gasteiger partial charge in [0.15, 0.2) is 5.13 Å². The summed E-state index contributed by atoms with van der Waals surface area (Å²) >= 11 is 1.44. The number of nitrogens with one attached hydrogen (secondary N) is 2. The number of hydrogen-bond acceptors (Lipinski definition) is 5. The zero-order valence-corrected chi connectivity index (χ0v) is 15.8. The van der Waals surface area contributed by atoms with Crippen molar-refractivity contribution in [1.29, 1.82) is 0 Å². The molecule has 0 bridgehead atoms. The summed E-state index contributed by atoms with van der Waals surface area (Å²) in [5, 5.41) is 13.1. The van der Waals surface area contributed by atoms with E-state index in [1.807, 2.05) is 67.3 Å². The van der Waals surface area contributed by atoms with E-state index in [0.29, 0.717) is 11.7 Å². The fourth-order valence-corrected chi connectivity index (χ4v) is 3.98. The highest BCUT2D eigenvalue weighted by molar-refractivity contribution is 7.14. The van der Waals surface area contributed by atoms with Gasteiger partial charge in [-0.1, -0.05) is 36.4 Å². The summed E-state index contributed by atoms with van der Waals surface area (Å²) in [4.78, 5) is 17.3. The molecule has 3 aromatic rings. The minimum Gasteiger partial charge on any atom is -0.315 e. The molecule has 3 heterocycles. The molecule has 1 aromatic carbocycles. The van der Waals surface area contributed by atoms with Crippen LogP contribution in [0.4, 0.5) is 5.13 Å². The first-order chi connectivity index (χ1) is 13.2. The summed E-state index contributed by atoms with van der Waals surface area (Å²) in [7, 11) is 1.89. The number of carbonyl (C=O) groups excluding carboxylic acids is 1. The molecule has 4 rings (SSSR count). The Morgan fingerprint density at radius 3 is 2.93 bits per heavy atom. The second-order valence-corrected chi connectivity index (χ2v) is 7.49. The Hall–Kier alpha value is -2.77. The van der Waals surface area contributed by atoms with E-state index < -0.39 is 0 Å². The highest BCUT2D eigenvalue weighted by atomic mass is 32.1. The topological polar surface area (TPSA) is 71.8 Å². The summed E-state index contributed by atoms with van der Waals surface area (Å²) < 4.78 is 1.77. The van der Waals surface area contributed by atoms with E-state index in [-0.39, 0.29) is 17.7 Å². The van der Waals surface area contributed by atoms with Crippen LogP contribution >= 0.6 is 11.3 Å². The summed E-state index contributed by atoms with van der Waals surface area (Å²) in [6.07, 6.45) is 7.79. The number of amides is 1. The van der Waals surface area contributed by atoms with E-state index in [4.69, 9.17) is 0 Å². The molecule has 1 aliphatic heterocycles. The second-order valence-electron chi connectivity index (χ2n) is 6.63. The van der Waals surface area contributed by atoms with Gasteiger partial charge in [-0.2, -0.15) is 5.10 Å². The van der Waals surface area contributed by atoms with E-state index >= 15 is 0 Å². The highest BCUT2D eigenvalue weighted by Crippen LogP contribution is 2.29. The van der Waals surface area contributed by atoms with E-state index in [2.05, 4.69) is 20.7 Å². The van der Waals surface area contributed by atoms with Crippen LogP contribution in [0.2, 0.25) is 0 Å². The monoisotopic (exact) mass is 379 g/mol. The normalized spacial score (nSPS) is 19.6. The molecule has 1 aliphatic rings. The molecule has 7 heteroatoms. The zero-order chi connectivity index (χ0) is 18.6. The van der Waals surface area contributed by atoms with Gasteiger partial charge >= 0.3 is 0 Å². The number of carbonyl (C=O) groups is 1. The van der Waals surface area contributed by atoms with Crippen molar-refractivity contribution >= 4 is 34.5 Å². The van der Waals surface area contributed by atoms with Crippen LogP contribution in [0.15, 0.2) is 48.1 Å². The molecule has 1 fully saturated rings. The van der Waals surface area contributed by atoms with Crippen LogP contribution in [0.5, 0.6) is 0 Å². The van der Waals surface area contributed by atoms with Crippen molar-refractivity contribution in [3.8, 4) is 0 Å². The maximum Gasteiger partial charge on any atom is 0.231 e. The van der Waals surface area contributed by atoms with Crippen molar-refractivity contribution in [3.63, 3.8) is 0 Å². The fraction of sp³-hybridized carbons (Fsp3) is 0.250. The van der Waals surface area contributed by atoms with Crippen molar-refractivity contribution in [2.45, 2.75) is 5.92 Å². The average molecular weight is 379 g/mol. The smallest absolute Gasteiger partial charge is 0.231 e. The minimum atomic E-state index is -0.124.